The molecule has 3 aromatic rings. The van der Waals surface area contributed by atoms with Gasteiger partial charge in [0.15, 0.2) is 15.7 Å². The number of nitrogens with zero attached hydrogens (tertiary/aromatic N) is 3. The fourth-order valence-corrected chi connectivity index (χ4v) is 5.66. The Morgan fingerprint density at radius 2 is 2.17 bits per heavy atom. The lowest BCUT2D eigenvalue weighted by Gasteiger charge is -2.14. The highest BCUT2D eigenvalue weighted by Gasteiger charge is 2.34. The summed E-state index contributed by atoms with van der Waals surface area (Å²) >= 11 is 0. The highest BCUT2D eigenvalue weighted by molar-refractivity contribution is 7.91. The van der Waals surface area contributed by atoms with Crippen LogP contribution >= 0.6 is 0 Å². The topological polar surface area (TPSA) is 121 Å². The highest BCUT2D eigenvalue weighted by atomic mass is 32.2. The number of hydrogen-bond donors (Lipinski definition) is 2. The van der Waals surface area contributed by atoms with Crippen LogP contribution in [0.2, 0.25) is 0 Å². The zero-order valence-electron chi connectivity index (χ0n) is 15.6. The Hall–Kier alpha value is -3.12. The van der Waals surface area contributed by atoms with Gasteiger partial charge in [-0.2, -0.15) is 10.4 Å². The largest absolute Gasteiger partial charge is 0.338 e. The molecule has 2 aliphatic rings. The van der Waals surface area contributed by atoms with E-state index in [4.69, 9.17) is 0 Å². The molecular weight excluding hydrogens is 390 g/mol. The number of nitrogens with one attached hydrogen (secondary N) is 2. The van der Waals surface area contributed by atoms with Gasteiger partial charge in [0.1, 0.15) is 5.39 Å². The number of aromatic amines is 1. The van der Waals surface area contributed by atoms with Crippen LogP contribution in [0.3, 0.4) is 0 Å². The molecule has 3 heterocycles. The van der Waals surface area contributed by atoms with Crippen LogP contribution in [0.5, 0.6) is 0 Å². The number of nitriles is 1. The molecule has 1 atom stereocenters. The number of anilines is 2. The molecule has 1 fully saturated rings. The van der Waals surface area contributed by atoms with Gasteiger partial charge in [-0.25, -0.2) is 8.42 Å². The number of rotatable bonds is 5. The fraction of sp³-hybridized carbons (Fsp3) is 0.350. The van der Waals surface area contributed by atoms with Crippen molar-refractivity contribution in [2.45, 2.75) is 36.6 Å². The van der Waals surface area contributed by atoms with Gasteiger partial charge in [-0.05, 0) is 55.0 Å². The molecule has 9 heteroatoms. The molecule has 8 nitrogen and oxygen atoms in total. The Balaban J connectivity index is 1.59. The van der Waals surface area contributed by atoms with E-state index in [2.05, 4.69) is 21.5 Å². The average Bonchev–Trinajstić information content (AvgIpc) is 3.41. The maximum absolute atomic E-state index is 12.5. The lowest BCUT2D eigenvalue weighted by molar-refractivity contribution is 0.426. The van der Waals surface area contributed by atoms with Crippen molar-refractivity contribution in [1.29, 1.82) is 5.26 Å². The zero-order valence-corrected chi connectivity index (χ0v) is 16.4. The molecule has 1 aromatic carbocycles. The van der Waals surface area contributed by atoms with Crippen molar-refractivity contribution >= 4 is 32.2 Å². The summed E-state index contributed by atoms with van der Waals surface area (Å²) in [5.41, 5.74) is 1.88. The third kappa shape index (κ3) is 3.00. The minimum Gasteiger partial charge on any atom is -0.338 e. The van der Waals surface area contributed by atoms with E-state index in [1.165, 1.54) is 0 Å². The van der Waals surface area contributed by atoms with Crippen molar-refractivity contribution in [2.24, 2.45) is 5.92 Å². The maximum atomic E-state index is 12.5. The van der Waals surface area contributed by atoms with Crippen LogP contribution in [0.1, 0.15) is 30.9 Å². The smallest absolute Gasteiger partial charge is 0.261 e. The van der Waals surface area contributed by atoms with E-state index < -0.39 is 9.84 Å². The third-order valence-corrected chi connectivity index (χ3v) is 7.52. The molecule has 148 valence electrons. The van der Waals surface area contributed by atoms with Crippen molar-refractivity contribution in [1.82, 2.24) is 14.8 Å². The van der Waals surface area contributed by atoms with Gasteiger partial charge in [0.05, 0.1) is 34.7 Å². The van der Waals surface area contributed by atoms with Crippen LogP contribution in [0.25, 0.3) is 10.9 Å². The minimum absolute atomic E-state index is 0.0648. The Labute approximate surface area is 167 Å². The van der Waals surface area contributed by atoms with E-state index in [0.29, 0.717) is 46.1 Å². The number of benzene rings is 1. The molecule has 0 saturated heterocycles. The SMILES string of the molecule is N#CCC(C1CC1)n1nc(Nc2ccc3c(c2)CCS3(=O)=O)c2c(=O)[nH]ccc21. The molecule has 2 N–H and O–H groups in total. The lowest BCUT2D eigenvalue weighted by atomic mass is 10.1. The zero-order chi connectivity index (χ0) is 20.2. The second-order valence-electron chi connectivity index (χ2n) is 7.64. The quantitative estimate of drug-likeness (QED) is 0.668. The fourth-order valence-electron chi connectivity index (χ4n) is 4.11. The lowest BCUT2D eigenvalue weighted by Crippen LogP contribution is -2.13. The van der Waals surface area contributed by atoms with E-state index in [9.17, 15) is 18.5 Å². The van der Waals surface area contributed by atoms with Crippen LogP contribution in [0.4, 0.5) is 11.5 Å². The van der Waals surface area contributed by atoms with Crippen molar-refractivity contribution in [3.05, 3.63) is 46.4 Å². The van der Waals surface area contributed by atoms with Crippen LogP contribution in [-0.4, -0.2) is 28.9 Å². The summed E-state index contributed by atoms with van der Waals surface area (Å²) in [7, 11) is -3.19. The number of pyridine rings is 1. The molecule has 0 amide bonds. The summed E-state index contributed by atoms with van der Waals surface area (Å²) in [4.78, 5) is 15.6. The van der Waals surface area contributed by atoms with Gasteiger partial charge in [0.25, 0.3) is 5.56 Å². The van der Waals surface area contributed by atoms with Crippen LogP contribution < -0.4 is 10.9 Å². The second-order valence-corrected chi connectivity index (χ2v) is 9.72. The molecule has 2 aromatic heterocycles. The molecule has 0 bridgehead atoms. The summed E-state index contributed by atoms with van der Waals surface area (Å²) < 4.78 is 25.9. The van der Waals surface area contributed by atoms with E-state index in [-0.39, 0.29) is 17.4 Å². The summed E-state index contributed by atoms with van der Waals surface area (Å²) in [5, 5.41) is 17.5. The van der Waals surface area contributed by atoms with Crippen molar-refractivity contribution < 1.29 is 8.42 Å². The van der Waals surface area contributed by atoms with E-state index in [0.717, 1.165) is 18.4 Å². The Kier molecular flexibility index (Phi) is 3.99. The Bertz CT molecular complexity index is 1330. The number of aromatic nitrogens is 3. The number of fused-ring (bicyclic) bond motifs is 2. The first-order valence-electron chi connectivity index (χ1n) is 9.57. The highest BCUT2D eigenvalue weighted by Crippen LogP contribution is 2.43. The molecule has 0 radical (unpaired) electrons. The van der Waals surface area contributed by atoms with E-state index in [1.807, 2.05) is 0 Å². The summed E-state index contributed by atoms with van der Waals surface area (Å²) in [6.45, 7) is 0. The van der Waals surface area contributed by atoms with Gasteiger partial charge < -0.3 is 10.3 Å². The molecule has 29 heavy (non-hydrogen) atoms. The molecule has 1 aliphatic carbocycles. The third-order valence-electron chi connectivity index (χ3n) is 5.71. The summed E-state index contributed by atoms with van der Waals surface area (Å²) in [6.07, 6.45) is 4.51. The average molecular weight is 409 g/mol. The first-order valence-corrected chi connectivity index (χ1v) is 11.2. The monoisotopic (exact) mass is 409 g/mol. The molecule has 1 aliphatic heterocycles. The normalized spacial score (nSPS) is 18.3. The summed E-state index contributed by atoms with van der Waals surface area (Å²) in [5.74, 6) is 0.932. The van der Waals surface area contributed by atoms with Crippen LogP contribution in [-0.2, 0) is 16.3 Å². The van der Waals surface area contributed by atoms with Gasteiger partial charge in [-0.3, -0.25) is 9.48 Å². The standard InChI is InChI=1S/C20H19N5O3S/c21-8-5-15(12-1-2-12)25-16-6-9-22-20(26)18(16)19(24-25)23-14-3-4-17-13(11-14)7-10-29(17,27)28/h3-4,6,9,11-12,15H,1-2,5,7,10H2,(H,22,26)(H,23,24). The maximum Gasteiger partial charge on any atom is 0.261 e. The Morgan fingerprint density at radius 3 is 2.93 bits per heavy atom. The predicted molar refractivity (Wildman–Crippen MR) is 108 cm³/mol. The van der Waals surface area contributed by atoms with Crippen LogP contribution in [0, 0.1) is 17.2 Å². The van der Waals surface area contributed by atoms with Gasteiger partial charge >= 0.3 is 0 Å². The van der Waals surface area contributed by atoms with Crippen LogP contribution in [0.15, 0.2) is 40.2 Å². The van der Waals surface area contributed by atoms with Crippen molar-refractivity contribution in [3.63, 3.8) is 0 Å². The van der Waals surface area contributed by atoms with Crippen molar-refractivity contribution in [2.75, 3.05) is 11.1 Å². The first-order chi connectivity index (χ1) is 14.0. The number of hydrogen-bond acceptors (Lipinski definition) is 6. The number of aryl methyl sites for hydroxylation is 1. The number of H-pyrrole nitrogens is 1. The van der Waals surface area contributed by atoms with Gasteiger partial charge in [-0.1, -0.05) is 0 Å². The molecular formula is C20H19N5O3S. The van der Waals surface area contributed by atoms with E-state index in [1.54, 1.807) is 35.1 Å². The van der Waals surface area contributed by atoms with E-state index >= 15 is 0 Å². The minimum atomic E-state index is -3.19. The first kappa shape index (κ1) is 17.9. The second kappa shape index (κ2) is 6.46. The van der Waals surface area contributed by atoms with Gasteiger partial charge in [0, 0.05) is 11.9 Å². The number of sulfone groups is 1. The molecule has 1 saturated carbocycles. The predicted octanol–water partition coefficient (Wildman–Crippen LogP) is 2.66. The Morgan fingerprint density at radius 1 is 1.34 bits per heavy atom. The van der Waals surface area contributed by atoms with Gasteiger partial charge in [-0.15, -0.1) is 0 Å². The van der Waals surface area contributed by atoms with Gasteiger partial charge in [0.2, 0.25) is 0 Å². The summed E-state index contributed by atoms with van der Waals surface area (Å²) in [6, 6.07) is 9.07. The molecule has 1 unspecified atom stereocenters. The molecule has 5 rings (SSSR count). The van der Waals surface area contributed by atoms with Crippen molar-refractivity contribution in [3.8, 4) is 6.07 Å². The molecule has 0 spiro atoms.